The van der Waals surface area contributed by atoms with E-state index in [-0.39, 0.29) is 23.5 Å². The standard InChI is InChI=1S/C20H29N3O3S/c1-12-9-23(10-13(2)25-12)17(24)11-27-19-22-21-18(26-19)20-6-14-3-15(7-20)5-16(4-14)8-20/h12-16H,3-11H2,1-2H3/t12-,13-,14?,15?,16?,20?/m1/s1. The van der Waals surface area contributed by atoms with Crippen molar-refractivity contribution in [3.05, 3.63) is 5.89 Å². The molecule has 1 amide bonds. The van der Waals surface area contributed by atoms with Gasteiger partial charge in [-0.25, -0.2) is 0 Å². The molecule has 5 fully saturated rings. The lowest BCUT2D eigenvalue weighted by Crippen LogP contribution is -2.48. The largest absolute Gasteiger partial charge is 0.415 e. The summed E-state index contributed by atoms with van der Waals surface area (Å²) in [5, 5.41) is 9.25. The van der Waals surface area contributed by atoms with E-state index in [2.05, 4.69) is 10.2 Å². The highest BCUT2D eigenvalue weighted by Gasteiger charge is 2.54. The monoisotopic (exact) mass is 391 g/mol. The Kier molecular flexibility index (Phi) is 4.50. The zero-order valence-electron chi connectivity index (χ0n) is 16.2. The van der Waals surface area contributed by atoms with Gasteiger partial charge in [-0.3, -0.25) is 4.79 Å². The fraction of sp³-hybridized carbons (Fsp3) is 0.850. The third kappa shape index (κ3) is 3.41. The number of hydrogen-bond acceptors (Lipinski definition) is 6. The predicted molar refractivity (Wildman–Crippen MR) is 101 cm³/mol. The Morgan fingerprint density at radius 1 is 1.07 bits per heavy atom. The molecule has 6 nitrogen and oxygen atoms in total. The van der Waals surface area contributed by atoms with Crippen molar-refractivity contribution in [2.75, 3.05) is 18.8 Å². The van der Waals surface area contributed by atoms with Crippen molar-refractivity contribution in [1.29, 1.82) is 0 Å². The molecule has 4 saturated carbocycles. The molecule has 1 saturated heterocycles. The van der Waals surface area contributed by atoms with Crippen LogP contribution < -0.4 is 0 Å². The Hall–Kier alpha value is -1.08. The number of morpholine rings is 1. The lowest BCUT2D eigenvalue weighted by Gasteiger charge is -2.55. The van der Waals surface area contributed by atoms with Gasteiger partial charge in [0.05, 0.1) is 18.0 Å². The SMILES string of the molecule is C[C@@H]1CN(C(=O)CSc2nnc(C34CC5CC(CC(C5)C3)C4)o2)C[C@@H](C)O1. The number of carbonyl (C=O) groups is 1. The molecule has 0 unspecified atom stereocenters. The molecule has 6 rings (SSSR count). The van der Waals surface area contributed by atoms with E-state index in [1.54, 1.807) is 0 Å². The minimum Gasteiger partial charge on any atom is -0.415 e. The zero-order chi connectivity index (χ0) is 18.6. The Labute approximate surface area is 164 Å². The van der Waals surface area contributed by atoms with Gasteiger partial charge in [0, 0.05) is 18.5 Å². The molecular formula is C20H29N3O3S. The second kappa shape index (κ2) is 6.76. The van der Waals surface area contributed by atoms with E-state index in [0.717, 1.165) is 23.6 Å². The molecule has 4 aliphatic carbocycles. The fourth-order valence-electron chi connectivity index (χ4n) is 6.45. The van der Waals surface area contributed by atoms with Gasteiger partial charge in [-0.15, -0.1) is 10.2 Å². The van der Waals surface area contributed by atoms with E-state index in [0.29, 0.717) is 24.1 Å². The average Bonchev–Trinajstić information content (AvgIpc) is 3.07. The van der Waals surface area contributed by atoms with E-state index in [9.17, 15) is 4.79 Å². The molecule has 4 bridgehead atoms. The van der Waals surface area contributed by atoms with Gasteiger partial charge in [0.25, 0.3) is 5.22 Å². The molecule has 1 aromatic rings. The summed E-state index contributed by atoms with van der Waals surface area (Å²) in [5.74, 6) is 3.87. The summed E-state index contributed by atoms with van der Waals surface area (Å²) in [7, 11) is 0. The molecule has 2 atom stereocenters. The summed E-state index contributed by atoms with van der Waals surface area (Å²) in [6.07, 6.45) is 8.04. The van der Waals surface area contributed by atoms with Gasteiger partial charge >= 0.3 is 0 Å². The first-order chi connectivity index (χ1) is 13.0. The summed E-state index contributed by atoms with van der Waals surface area (Å²) >= 11 is 1.38. The van der Waals surface area contributed by atoms with Crippen molar-refractivity contribution in [3.8, 4) is 0 Å². The van der Waals surface area contributed by atoms with Gasteiger partial charge in [0.2, 0.25) is 11.8 Å². The van der Waals surface area contributed by atoms with Crippen molar-refractivity contribution in [2.45, 2.75) is 75.2 Å². The number of rotatable bonds is 4. The summed E-state index contributed by atoms with van der Waals surface area (Å²) in [6.45, 7) is 5.34. The quantitative estimate of drug-likeness (QED) is 0.734. The van der Waals surface area contributed by atoms with Gasteiger partial charge in [-0.05, 0) is 70.1 Å². The highest BCUT2D eigenvalue weighted by atomic mass is 32.2. The summed E-state index contributed by atoms with van der Waals surface area (Å²) in [4.78, 5) is 14.4. The highest BCUT2D eigenvalue weighted by Crippen LogP contribution is 2.60. The Morgan fingerprint density at radius 2 is 1.67 bits per heavy atom. The molecule has 0 N–H and O–H groups in total. The lowest BCUT2D eigenvalue weighted by molar-refractivity contribution is -0.140. The zero-order valence-corrected chi connectivity index (χ0v) is 17.0. The van der Waals surface area contributed by atoms with Crippen molar-refractivity contribution in [1.82, 2.24) is 15.1 Å². The molecule has 0 aromatic carbocycles. The van der Waals surface area contributed by atoms with Gasteiger partial charge in [-0.2, -0.15) is 0 Å². The first kappa shape index (κ1) is 18.0. The molecule has 0 radical (unpaired) electrons. The van der Waals surface area contributed by atoms with Crippen LogP contribution in [0.2, 0.25) is 0 Å². The number of amides is 1. The van der Waals surface area contributed by atoms with Crippen LogP contribution in [0.4, 0.5) is 0 Å². The second-order valence-electron chi connectivity index (χ2n) is 9.42. The molecule has 1 aliphatic heterocycles. The Balaban J connectivity index is 1.22. The lowest BCUT2D eigenvalue weighted by atomic mass is 9.49. The van der Waals surface area contributed by atoms with Crippen LogP contribution in [0, 0.1) is 17.8 Å². The smallest absolute Gasteiger partial charge is 0.277 e. The maximum Gasteiger partial charge on any atom is 0.277 e. The normalized spacial score (nSPS) is 40.5. The van der Waals surface area contributed by atoms with Crippen molar-refractivity contribution < 1.29 is 13.9 Å². The molecule has 27 heavy (non-hydrogen) atoms. The number of nitrogens with zero attached hydrogens (tertiary/aromatic N) is 3. The van der Waals surface area contributed by atoms with Gasteiger partial charge in [0.1, 0.15) is 0 Å². The first-order valence-electron chi connectivity index (χ1n) is 10.4. The molecule has 0 spiro atoms. The summed E-state index contributed by atoms with van der Waals surface area (Å²) in [5.41, 5.74) is 0.125. The molecular weight excluding hydrogens is 362 g/mol. The number of hydrogen-bond donors (Lipinski definition) is 0. The first-order valence-corrected chi connectivity index (χ1v) is 11.4. The summed E-state index contributed by atoms with van der Waals surface area (Å²) < 4.78 is 11.8. The van der Waals surface area contributed by atoms with Crippen LogP contribution in [0.3, 0.4) is 0 Å². The van der Waals surface area contributed by atoms with E-state index in [1.165, 1.54) is 50.3 Å². The highest BCUT2D eigenvalue weighted by molar-refractivity contribution is 7.99. The Bertz CT molecular complexity index is 676. The number of thioether (sulfide) groups is 1. The second-order valence-corrected chi connectivity index (χ2v) is 10.3. The van der Waals surface area contributed by atoms with Crippen LogP contribution in [0.1, 0.15) is 58.3 Å². The number of carbonyl (C=O) groups excluding carboxylic acids is 1. The molecule has 148 valence electrons. The minimum atomic E-state index is 0.0915. The average molecular weight is 392 g/mol. The third-order valence-corrected chi connectivity index (χ3v) is 7.79. The maximum absolute atomic E-state index is 12.6. The third-order valence-electron chi connectivity index (χ3n) is 6.99. The van der Waals surface area contributed by atoms with E-state index in [4.69, 9.17) is 9.15 Å². The van der Waals surface area contributed by atoms with Crippen LogP contribution in [0.25, 0.3) is 0 Å². The van der Waals surface area contributed by atoms with Crippen molar-refractivity contribution in [2.24, 2.45) is 17.8 Å². The van der Waals surface area contributed by atoms with E-state index in [1.807, 2.05) is 18.7 Å². The topological polar surface area (TPSA) is 68.5 Å². The van der Waals surface area contributed by atoms with Crippen LogP contribution in [0.15, 0.2) is 9.64 Å². The van der Waals surface area contributed by atoms with Crippen molar-refractivity contribution in [3.63, 3.8) is 0 Å². The van der Waals surface area contributed by atoms with Gasteiger partial charge in [0.15, 0.2) is 0 Å². The Morgan fingerprint density at radius 3 is 2.26 bits per heavy atom. The van der Waals surface area contributed by atoms with E-state index >= 15 is 0 Å². The fourth-order valence-corrected chi connectivity index (χ4v) is 7.12. The predicted octanol–water partition coefficient (Wildman–Crippen LogP) is 3.27. The summed E-state index contributed by atoms with van der Waals surface area (Å²) in [6, 6.07) is 0. The van der Waals surface area contributed by atoms with Gasteiger partial charge in [-0.1, -0.05) is 11.8 Å². The number of aromatic nitrogens is 2. The van der Waals surface area contributed by atoms with Gasteiger partial charge < -0.3 is 14.1 Å². The van der Waals surface area contributed by atoms with Crippen LogP contribution in [0.5, 0.6) is 0 Å². The molecule has 1 aromatic heterocycles. The maximum atomic E-state index is 12.6. The molecule has 7 heteroatoms. The number of ether oxygens (including phenoxy) is 1. The van der Waals surface area contributed by atoms with E-state index < -0.39 is 0 Å². The minimum absolute atomic E-state index is 0.0915. The van der Waals surface area contributed by atoms with Crippen LogP contribution in [-0.4, -0.2) is 52.1 Å². The van der Waals surface area contributed by atoms with Crippen LogP contribution in [-0.2, 0) is 14.9 Å². The van der Waals surface area contributed by atoms with Crippen molar-refractivity contribution >= 4 is 17.7 Å². The molecule has 5 aliphatic rings. The van der Waals surface area contributed by atoms with Crippen LogP contribution >= 0.6 is 11.8 Å². The molecule has 2 heterocycles.